The largest absolute Gasteiger partial charge is 0.394 e. The molecule has 0 amide bonds. The predicted octanol–water partition coefficient (Wildman–Crippen LogP) is -0.197. The molecule has 0 bridgehead atoms. The number of ether oxygens (including phenoxy) is 1. The van der Waals surface area contributed by atoms with Crippen LogP contribution in [0.1, 0.15) is 0 Å². The van der Waals surface area contributed by atoms with Crippen LogP contribution in [0.25, 0.3) is 0 Å². The zero-order chi connectivity index (χ0) is 11.2. The van der Waals surface area contributed by atoms with E-state index in [-0.39, 0.29) is 0 Å². The number of hydrogen-bond acceptors (Lipinski definition) is 6. The van der Waals surface area contributed by atoms with E-state index in [4.69, 9.17) is 10.5 Å². The minimum absolute atomic E-state index is 0.587. The number of nitrogens with two attached hydrogens (primary N) is 1. The molecule has 6 heteroatoms. The van der Waals surface area contributed by atoms with Crippen molar-refractivity contribution in [1.82, 2.24) is 14.9 Å². The van der Waals surface area contributed by atoms with Gasteiger partial charge >= 0.3 is 0 Å². The Balaban J connectivity index is 1.73. The van der Waals surface area contributed by atoms with Crippen LogP contribution >= 0.6 is 0 Å². The molecule has 0 saturated carbocycles. The fraction of sp³-hybridized carbons (Fsp3) is 0.600. The molecule has 2 rings (SSSR count). The van der Waals surface area contributed by atoms with E-state index in [1.165, 1.54) is 6.33 Å². The lowest BCUT2D eigenvalue weighted by Crippen LogP contribution is -2.39. The van der Waals surface area contributed by atoms with E-state index in [1.807, 2.05) is 0 Å². The maximum absolute atomic E-state index is 5.72. The molecule has 1 fully saturated rings. The second-order valence-corrected chi connectivity index (χ2v) is 3.71. The Hall–Kier alpha value is -1.40. The highest BCUT2D eigenvalue weighted by Crippen LogP contribution is 2.10. The highest BCUT2D eigenvalue weighted by molar-refractivity contribution is 5.58. The standard InChI is InChI=1S/C10H17N5O/c11-9-7-12-8-14-10(9)13-1-2-15-3-5-16-6-4-15/h7-8H,1-6,11H2,(H,12,13,14). The van der Waals surface area contributed by atoms with Crippen LogP contribution in [0.15, 0.2) is 12.5 Å². The highest BCUT2D eigenvalue weighted by Gasteiger charge is 2.09. The van der Waals surface area contributed by atoms with Gasteiger partial charge in [-0.3, -0.25) is 4.90 Å². The van der Waals surface area contributed by atoms with Crippen LogP contribution in [0, 0.1) is 0 Å². The first-order valence-electron chi connectivity index (χ1n) is 5.46. The van der Waals surface area contributed by atoms with Gasteiger partial charge in [-0.1, -0.05) is 0 Å². The van der Waals surface area contributed by atoms with Crippen molar-refractivity contribution in [2.45, 2.75) is 0 Å². The number of rotatable bonds is 4. The summed E-state index contributed by atoms with van der Waals surface area (Å²) in [4.78, 5) is 10.3. The predicted molar refractivity (Wildman–Crippen MR) is 62.2 cm³/mol. The molecule has 1 aromatic heterocycles. The maximum atomic E-state index is 5.72. The van der Waals surface area contributed by atoms with Crippen molar-refractivity contribution in [3.8, 4) is 0 Å². The first-order valence-corrected chi connectivity index (χ1v) is 5.46. The van der Waals surface area contributed by atoms with E-state index in [9.17, 15) is 0 Å². The van der Waals surface area contributed by atoms with Gasteiger partial charge in [0, 0.05) is 26.2 Å². The van der Waals surface area contributed by atoms with Gasteiger partial charge in [-0.2, -0.15) is 0 Å². The van der Waals surface area contributed by atoms with Gasteiger partial charge in [0.25, 0.3) is 0 Å². The molecule has 2 heterocycles. The Kier molecular flexibility index (Phi) is 3.90. The second kappa shape index (κ2) is 5.62. The number of nitrogens with one attached hydrogen (secondary N) is 1. The molecule has 1 aliphatic rings. The minimum Gasteiger partial charge on any atom is -0.394 e. The first-order chi connectivity index (χ1) is 7.86. The van der Waals surface area contributed by atoms with Crippen molar-refractivity contribution >= 4 is 11.5 Å². The molecule has 0 atom stereocenters. The Bertz CT molecular complexity index is 327. The van der Waals surface area contributed by atoms with Gasteiger partial charge in [0.15, 0.2) is 5.82 Å². The van der Waals surface area contributed by atoms with E-state index in [2.05, 4.69) is 20.2 Å². The highest BCUT2D eigenvalue weighted by atomic mass is 16.5. The van der Waals surface area contributed by atoms with Crippen LogP contribution in [0.5, 0.6) is 0 Å². The molecule has 16 heavy (non-hydrogen) atoms. The lowest BCUT2D eigenvalue weighted by atomic mass is 10.4. The molecule has 0 unspecified atom stereocenters. The van der Waals surface area contributed by atoms with Crippen LogP contribution in [0.4, 0.5) is 11.5 Å². The van der Waals surface area contributed by atoms with Gasteiger partial charge in [-0.15, -0.1) is 0 Å². The summed E-state index contributed by atoms with van der Waals surface area (Å²) in [5.41, 5.74) is 6.31. The molecular weight excluding hydrogens is 206 g/mol. The summed E-state index contributed by atoms with van der Waals surface area (Å²) in [6.45, 7) is 5.47. The Labute approximate surface area is 94.8 Å². The third-order valence-corrected chi connectivity index (χ3v) is 2.56. The molecule has 6 nitrogen and oxygen atoms in total. The third kappa shape index (κ3) is 3.04. The van der Waals surface area contributed by atoms with E-state index in [1.54, 1.807) is 6.20 Å². The lowest BCUT2D eigenvalue weighted by molar-refractivity contribution is 0.0398. The normalized spacial score (nSPS) is 17.2. The van der Waals surface area contributed by atoms with E-state index in [0.29, 0.717) is 11.5 Å². The van der Waals surface area contributed by atoms with Crippen LogP contribution in [0.2, 0.25) is 0 Å². The zero-order valence-electron chi connectivity index (χ0n) is 9.22. The summed E-state index contributed by atoms with van der Waals surface area (Å²) in [6.07, 6.45) is 3.09. The van der Waals surface area contributed by atoms with Gasteiger partial charge in [-0.05, 0) is 0 Å². The van der Waals surface area contributed by atoms with Crippen LogP contribution in [-0.4, -0.2) is 54.3 Å². The summed E-state index contributed by atoms with van der Waals surface area (Å²) in [5.74, 6) is 0.711. The average molecular weight is 223 g/mol. The number of hydrogen-bond donors (Lipinski definition) is 2. The minimum atomic E-state index is 0.587. The second-order valence-electron chi connectivity index (χ2n) is 3.71. The van der Waals surface area contributed by atoms with Gasteiger partial charge in [0.05, 0.1) is 25.1 Å². The number of aromatic nitrogens is 2. The van der Waals surface area contributed by atoms with Crippen LogP contribution in [0.3, 0.4) is 0 Å². The zero-order valence-corrected chi connectivity index (χ0v) is 9.22. The van der Waals surface area contributed by atoms with Crippen LogP contribution < -0.4 is 11.1 Å². The van der Waals surface area contributed by atoms with Crippen molar-refractivity contribution in [2.75, 3.05) is 50.4 Å². The van der Waals surface area contributed by atoms with Crippen molar-refractivity contribution in [2.24, 2.45) is 0 Å². The summed E-state index contributed by atoms with van der Waals surface area (Å²) in [6, 6.07) is 0. The van der Waals surface area contributed by atoms with Crippen molar-refractivity contribution in [3.05, 3.63) is 12.5 Å². The Morgan fingerprint density at radius 1 is 1.44 bits per heavy atom. The summed E-state index contributed by atoms with van der Waals surface area (Å²) in [7, 11) is 0. The monoisotopic (exact) mass is 223 g/mol. The first kappa shape index (κ1) is 11.1. The molecule has 0 aromatic carbocycles. The molecule has 1 saturated heterocycles. The fourth-order valence-corrected chi connectivity index (χ4v) is 1.65. The summed E-state index contributed by atoms with van der Waals surface area (Å²) < 4.78 is 5.28. The molecular formula is C10H17N5O. The number of morpholine rings is 1. The van der Waals surface area contributed by atoms with Crippen molar-refractivity contribution < 1.29 is 4.74 Å². The van der Waals surface area contributed by atoms with E-state index >= 15 is 0 Å². The van der Waals surface area contributed by atoms with Gasteiger partial charge in [0.2, 0.25) is 0 Å². The number of anilines is 2. The molecule has 1 aromatic rings. The fourth-order valence-electron chi connectivity index (χ4n) is 1.65. The maximum Gasteiger partial charge on any atom is 0.152 e. The third-order valence-electron chi connectivity index (χ3n) is 2.56. The SMILES string of the molecule is Nc1cncnc1NCCN1CCOCC1. The smallest absolute Gasteiger partial charge is 0.152 e. The van der Waals surface area contributed by atoms with Gasteiger partial charge in [-0.25, -0.2) is 9.97 Å². The van der Waals surface area contributed by atoms with Crippen LogP contribution in [-0.2, 0) is 4.74 Å². The Morgan fingerprint density at radius 3 is 3.00 bits per heavy atom. The lowest BCUT2D eigenvalue weighted by Gasteiger charge is -2.26. The van der Waals surface area contributed by atoms with E-state index in [0.717, 1.165) is 39.4 Å². The molecule has 0 spiro atoms. The summed E-state index contributed by atoms with van der Waals surface area (Å²) >= 11 is 0. The molecule has 88 valence electrons. The van der Waals surface area contributed by atoms with E-state index < -0.39 is 0 Å². The molecule has 3 N–H and O–H groups in total. The molecule has 0 radical (unpaired) electrons. The molecule has 1 aliphatic heterocycles. The molecule has 0 aliphatic carbocycles. The summed E-state index contributed by atoms with van der Waals surface area (Å²) in [5, 5.41) is 3.20. The quantitative estimate of drug-likeness (QED) is 0.736. The Morgan fingerprint density at radius 2 is 2.25 bits per heavy atom. The number of nitrogen functional groups attached to an aromatic ring is 1. The topological polar surface area (TPSA) is 76.3 Å². The number of nitrogens with zero attached hydrogens (tertiary/aromatic N) is 3. The average Bonchev–Trinajstić information content (AvgIpc) is 2.33. The van der Waals surface area contributed by atoms with Gasteiger partial charge < -0.3 is 15.8 Å². The van der Waals surface area contributed by atoms with Gasteiger partial charge in [0.1, 0.15) is 6.33 Å². The van der Waals surface area contributed by atoms with Crippen molar-refractivity contribution in [3.63, 3.8) is 0 Å². The van der Waals surface area contributed by atoms with Crippen molar-refractivity contribution in [1.29, 1.82) is 0 Å².